The van der Waals surface area contributed by atoms with Crippen molar-refractivity contribution >= 4 is 0 Å². The van der Waals surface area contributed by atoms with Crippen LogP contribution in [0.2, 0.25) is 0 Å². The number of nitrogens with one attached hydrogen (secondary N) is 1. The maximum absolute atomic E-state index is 13.4. The van der Waals surface area contributed by atoms with Gasteiger partial charge in [-0.2, -0.15) is 0 Å². The average Bonchev–Trinajstić information content (AvgIpc) is 2.45. The molecule has 0 fully saturated rings. The number of hydrogen-bond donors (Lipinski definition) is 1. The van der Waals surface area contributed by atoms with E-state index in [2.05, 4.69) is 5.32 Å². The molecular weight excluding hydrogens is 267 g/mol. The van der Waals surface area contributed by atoms with E-state index in [4.69, 9.17) is 4.74 Å². The minimum Gasteiger partial charge on any atom is -0.494 e. The van der Waals surface area contributed by atoms with E-state index >= 15 is 0 Å². The molecule has 0 heterocycles. The van der Waals surface area contributed by atoms with Crippen LogP contribution >= 0.6 is 0 Å². The van der Waals surface area contributed by atoms with Gasteiger partial charge in [-0.05, 0) is 42.4 Å². The molecule has 0 aliphatic rings. The van der Waals surface area contributed by atoms with Gasteiger partial charge in [0.15, 0.2) is 23.2 Å². The summed E-state index contributed by atoms with van der Waals surface area (Å²) in [5.74, 6) is -2.20. The molecule has 0 radical (unpaired) electrons. The first-order valence-electron chi connectivity index (χ1n) is 6.02. The van der Waals surface area contributed by atoms with Crippen LogP contribution in [0.25, 0.3) is 0 Å². The molecule has 0 spiro atoms. The third-order valence-electron chi connectivity index (χ3n) is 3.07. The highest BCUT2D eigenvalue weighted by Crippen LogP contribution is 2.27. The fourth-order valence-corrected chi connectivity index (χ4v) is 2.07. The van der Waals surface area contributed by atoms with Crippen molar-refractivity contribution in [2.45, 2.75) is 6.04 Å². The Morgan fingerprint density at radius 1 is 0.900 bits per heavy atom. The molecule has 1 atom stereocenters. The minimum absolute atomic E-state index is 0.102. The van der Waals surface area contributed by atoms with Crippen LogP contribution in [0, 0.1) is 17.5 Å². The van der Waals surface area contributed by atoms with E-state index in [0.29, 0.717) is 11.1 Å². The van der Waals surface area contributed by atoms with E-state index in [1.807, 2.05) is 0 Å². The highest BCUT2D eigenvalue weighted by Gasteiger charge is 2.16. The van der Waals surface area contributed by atoms with Crippen molar-refractivity contribution in [2.75, 3.05) is 14.2 Å². The SMILES string of the molecule is CNC(c1ccc(F)c(F)c1)c1ccc(F)c(OC)c1. The van der Waals surface area contributed by atoms with Crippen molar-refractivity contribution in [3.63, 3.8) is 0 Å². The molecule has 0 aromatic heterocycles. The summed E-state index contributed by atoms with van der Waals surface area (Å²) in [6.45, 7) is 0. The van der Waals surface area contributed by atoms with E-state index in [1.165, 1.54) is 25.3 Å². The molecule has 2 nitrogen and oxygen atoms in total. The van der Waals surface area contributed by atoms with E-state index in [0.717, 1.165) is 12.1 Å². The molecule has 0 bridgehead atoms. The summed E-state index contributed by atoms with van der Waals surface area (Å²) in [7, 11) is 3.05. The molecule has 0 saturated carbocycles. The molecule has 2 rings (SSSR count). The molecule has 5 heteroatoms. The molecule has 2 aromatic carbocycles. The zero-order valence-electron chi connectivity index (χ0n) is 11.1. The maximum atomic E-state index is 13.4. The summed E-state index contributed by atoms with van der Waals surface area (Å²) in [6.07, 6.45) is 0. The Bertz CT molecular complexity index is 616. The smallest absolute Gasteiger partial charge is 0.165 e. The largest absolute Gasteiger partial charge is 0.494 e. The van der Waals surface area contributed by atoms with Gasteiger partial charge in [0, 0.05) is 0 Å². The van der Waals surface area contributed by atoms with Gasteiger partial charge in [0.05, 0.1) is 13.2 Å². The predicted octanol–water partition coefficient (Wildman–Crippen LogP) is 3.42. The summed E-state index contributed by atoms with van der Waals surface area (Å²) in [4.78, 5) is 0. The Balaban J connectivity index is 2.43. The molecule has 0 aliphatic carbocycles. The van der Waals surface area contributed by atoms with Crippen LogP contribution in [0.5, 0.6) is 5.75 Å². The predicted molar refractivity (Wildman–Crippen MR) is 70.2 cm³/mol. The Morgan fingerprint density at radius 2 is 1.50 bits per heavy atom. The van der Waals surface area contributed by atoms with Crippen molar-refractivity contribution in [3.8, 4) is 5.75 Å². The van der Waals surface area contributed by atoms with Crippen LogP contribution in [0.4, 0.5) is 13.2 Å². The van der Waals surface area contributed by atoms with Crippen LogP contribution < -0.4 is 10.1 Å². The first kappa shape index (κ1) is 14.4. The lowest BCUT2D eigenvalue weighted by Gasteiger charge is -2.18. The highest BCUT2D eigenvalue weighted by atomic mass is 19.2. The molecule has 0 saturated heterocycles. The number of halogens is 3. The van der Waals surface area contributed by atoms with Crippen molar-refractivity contribution in [1.29, 1.82) is 0 Å². The van der Waals surface area contributed by atoms with Crippen LogP contribution in [0.15, 0.2) is 36.4 Å². The van der Waals surface area contributed by atoms with E-state index < -0.39 is 17.5 Å². The van der Waals surface area contributed by atoms with Gasteiger partial charge in [-0.1, -0.05) is 12.1 Å². The van der Waals surface area contributed by atoms with Crippen LogP contribution in [0.1, 0.15) is 17.2 Å². The number of benzene rings is 2. The maximum Gasteiger partial charge on any atom is 0.165 e. The van der Waals surface area contributed by atoms with Gasteiger partial charge in [0.2, 0.25) is 0 Å². The summed E-state index contributed by atoms with van der Waals surface area (Å²) in [6, 6.07) is 7.65. The van der Waals surface area contributed by atoms with Crippen molar-refractivity contribution < 1.29 is 17.9 Å². The lowest BCUT2D eigenvalue weighted by molar-refractivity contribution is 0.385. The monoisotopic (exact) mass is 281 g/mol. The molecule has 106 valence electrons. The van der Waals surface area contributed by atoms with Crippen LogP contribution in [0.3, 0.4) is 0 Å². The third kappa shape index (κ3) is 2.77. The highest BCUT2D eigenvalue weighted by molar-refractivity contribution is 5.37. The lowest BCUT2D eigenvalue weighted by atomic mass is 9.98. The second-order valence-electron chi connectivity index (χ2n) is 4.29. The third-order valence-corrected chi connectivity index (χ3v) is 3.07. The van der Waals surface area contributed by atoms with Crippen molar-refractivity contribution in [2.24, 2.45) is 0 Å². The molecule has 1 unspecified atom stereocenters. The normalized spacial score (nSPS) is 12.2. The Labute approximate surface area is 115 Å². The van der Waals surface area contributed by atoms with Crippen molar-refractivity contribution in [1.82, 2.24) is 5.32 Å². The molecule has 0 aliphatic heterocycles. The first-order chi connectivity index (χ1) is 9.56. The topological polar surface area (TPSA) is 21.3 Å². The summed E-state index contributed by atoms with van der Waals surface area (Å²) in [5, 5.41) is 2.98. The second kappa shape index (κ2) is 5.96. The quantitative estimate of drug-likeness (QED) is 0.927. The van der Waals surface area contributed by atoms with E-state index in [1.54, 1.807) is 13.1 Å². The molecule has 1 N–H and O–H groups in total. The van der Waals surface area contributed by atoms with Gasteiger partial charge in [0.1, 0.15) is 0 Å². The van der Waals surface area contributed by atoms with Gasteiger partial charge in [-0.15, -0.1) is 0 Å². The average molecular weight is 281 g/mol. The van der Waals surface area contributed by atoms with Crippen LogP contribution in [-0.2, 0) is 0 Å². The van der Waals surface area contributed by atoms with E-state index in [9.17, 15) is 13.2 Å². The number of rotatable bonds is 4. The van der Waals surface area contributed by atoms with Gasteiger partial charge < -0.3 is 10.1 Å². The van der Waals surface area contributed by atoms with Gasteiger partial charge >= 0.3 is 0 Å². The summed E-state index contributed by atoms with van der Waals surface area (Å²) in [5.41, 5.74) is 1.23. The van der Waals surface area contributed by atoms with Gasteiger partial charge in [-0.3, -0.25) is 0 Å². The second-order valence-corrected chi connectivity index (χ2v) is 4.29. The molecule has 20 heavy (non-hydrogen) atoms. The Kier molecular flexibility index (Phi) is 4.29. The Morgan fingerprint density at radius 3 is 2.05 bits per heavy atom. The molecule has 0 amide bonds. The molecular formula is C15H14F3NO. The summed E-state index contributed by atoms with van der Waals surface area (Å²) < 4.78 is 44.6. The summed E-state index contributed by atoms with van der Waals surface area (Å²) >= 11 is 0. The lowest BCUT2D eigenvalue weighted by Crippen LogP contribution is -2.18. The fraction of sp³-hybridized carbons (Fsp3) is 0.200. The number of ether oxygens (including phenoxy) is 1. The van der Waals surface area contributed by atoms with Gasteiger partial charge in [-0.25, -0.2) is 13.2 Å². The first-order valence-corrected chi connectivity index (χ1v) is 6.02. The minimum atomic E-state index is -0.920. The van der Waals surface area contributed by atoms with Crippen LogP contribution in [-0.4, -0.2) is 14.2 Å². The fourth-order valence-electron chi connectivity index (χ4n) is 2.07. The zero-order valence-corrected chi connectivity index (χ0v) is 11.1. The number of hydrogen-bond acceptors (Lipinski definition) is 2. The zero-order chi connectivity index (χ0) is 14.7. The molecule has 2 aromatic rings. The Hall–Kier alpha value is -2.01. The van der Waals surface area contributed by atoms with Crippen molar-refractivity contribution in [3.05, 3.63) is 65.0 Å². The van der Waals surface area contributed by atoms with E-state index in [-0.39, 0.29) is 11.8 Å². The number of methoxy groups -OCH3 is 1. The van der Waals surface area contributed by atoms with Gasteiger partial charge in [0.25, 0.3) is 0 Å². The standard InChI is InChI=1S/C15H14F3NO/c1-19-15(9-3-5-11(16)13(18)7-9)10-4-6-12(17)14(8-10)20-2/h3-8,15,19H,1-2H3.